The Balaban J connectivity index is 1.25. The fourth-order valence-electron chi connectivity index (χ4n) is 4.07. The third kappa shape index (κ3) is 5.59. The molecule has 0 aliphatic carbocycles. The van der Waals surface area contributed by atoms with Gasteiger partial charge in [0.2, 0.25) is 0 Å². The van der Waals surface area contributed by atoms with Crippen molar-refractivity contribution in [1.82, 2.24) is 19.8 Å². The molecule has 0 unspecified atom stereocenters. The van der Waals surface area contributed by atoms with Gasteiger partial charge in [0.1, 0.15) is 12.0 Å². The highest BCUT2D eigenvalue weighted by molar-refractivity contribution is 5.75. The molecule has 0 atom stereocenters. The van der Waals surface area contributed by atoms with Crippen LogP contribution >= 0.6 is 0 Å². The number of piperazine rings is 1. The Hall–Kier alpha value is -2.42. The van der Waals surface area contributed by atoms with Crippen LogP contribution in [0.15, 0.2) is 36.7 Å². The van der Waals surface area contributed by atoms with Crippen LogP contribution in [0.3, 0.4) is 0 Å². The second-order valence-corrected chi connectivity index (χ2v) is 7.94. The normalized spacial score (nSPS) is 18.5. The van der Waals surface area contributed by atoms with E-state index in [0.717, 1.165) is 90.2 Å². The second kappa shape index (κ2) is 10.6. The van der Waals surface area contributed by atoms with Crippen molar-refractivity contribution in [1.29, 1.82) is 0 Å². The van der Waals surface area contributed by atoms with Gasteiger partial charge in [0, 0.05) is 52.4 Å². The van der Waals surface area contributed by atoms with Crippen LogP contribution in [0.5, 0.6) is 0 Å². The van der Waals surface area contributed by atoms with Crippen LogP contribution in [0.1, 0.15) is 12.0 Å². The molecular weight excluding hydrogens is 378 g/mol. The van der Waals surface area contributed by atoms with E-state index in [4.69, 9.17) is 10.5 Å². The van der Waals surface area contributed by atoms with Gasteiger partial charge in [-0.1, -0.05) is 30.3 Å². The molecule has 1 aromatic heterocycles. The van der Waals surface area contributed by atoms with Crippen molar-refractivity contribution in [3.8, 4) is 0 Å². The molecule has 0 radical (unpaired) electrons. The van der Waals surface area contributed by atoms with Crippen molar-refractivity contribution in [2.75, 3.05) is 81.5 Å². The molecule has 0 amide bonds. The Bertz CT molecular complexity index is 774. The minimum Gasteiger partial charge on any atom is -0.393 e. The van der Waals surface area contributed by atoms with Crippen molar-refractivity contribution in [3.05, 3.63) is 42.2 Å². The lowest BCUT2D eigenvalue weighted by molar-refractivity contribution is 0.0378. The summed E-state index contributed by atoms with van der Waals surface area (Å²) in [5, 5.41) is 3.40. The zero-order valence-electron chi connectivity index (χ0n) is 17.7. The molecule has 2 aliphatic heterocycles. The highest BCUT2D eigenvalue weighted by atomic mass is 16.5. The molecule has 0 saturated carbocycles. The summed E-state index contributed by atoms with van der Waals surface area (Å²) in [5.41, 5.74) is 8.44. The smallest absolute Gasteiger partial charge is 0.157 e. The largest absolute Gasteiger partial charge is 0.393 e. The van der Waals surface area contributed by atoms with E-state index in [1.807, 2.05) is 0 Å². The van der Waals surface area contributed by atoms with Crippen LogP contribution < -0.4 is 16.0 Å². The number of rotatable bonds is 8. The summed E-state index contributed by atoms with van der Waals surface area (Å²) in [6, 6.07) is 10.6. The molecule has 162 valence electrons. The number of ether oxygens (including phenoxy) is 1. The second-order valence-electron chi connectivity index (χ2n) is 7.94. The first-order valence-corrected chi connectivity index (χ1v) is 11.0. The Morgan fingerprint density at radius 3 is 2.47 bits per heavy atom. The van der Waals surface area contributed by atoms with Gasteiger partial charge in [0.05, 0.1) is 13.2 Å². The van der Waals surface area contributed by atoms with E-state index in [-0.39, 0.29) is 0 Å². The molecule has 2 aliphatic rings. The summed E-state index contributed by atoms with van der Waals surface area (Å²) in [6.45, 7) is 10.5. The lowest BCUT2D eigenvalue weighted by Crippen LogP contribution is -2.46. The summed E-state index contributed by atoms with van der Waals surface area (Å²) in [5.74, 6) is 1.59. The maximum atomic E-state index is 6.43. The quantitative estimate of drug-likeness (QED) is 0.633. The van der Waals surface area contributed by atoms with Gasteiger partial charge in [-0.05, 0) is 18.5 Å². The molecule has 8 nitrogen and oxygen atoms in total. The highest BCUT2D eigenvalue weighted by Gasteiger charge is 2.21. The third-order valence-corrected chi connectivity index (χ3v) is 5.83. The number of hydrogen-bond donors (Lipinski definition) is 2. The third-order valence-electron chi connectivity index (χ3n) is 5.83. The minimum atomic E-state index is 0.653. The van der Waals surface area contributed by atoms with Gasteiger partial charge in [-0.25, -0.2) is 9.97 Å². The molecular formula is C22H33N7O. The van der Waals surface area contributed by atoms with Gasteiger partial charge < -0.3 is 20.7 Å². The maximum Gasteiger partial charge on any atom is 0.157 e. The van der Waals surface area contributed by atoms with Gasteiger partial charge in [-0.3, -0.25) is 9.80 Å². The predicted octanol–water partition coefficient (Wildman–Crippen LogP) is 1.52. The number of nitrogens with zero attached hydrogens (tertiary/aromatic N) is 5. The Morgan fingerprint density at radius 2 is 1.70 bits per heavy atom. The molecule has 3 heterocycles. The van der Waals surface area contributed by atoms with E-state index in [9.17, 15) is 0 Å². The van der Waals surface area contributed by atoms with Gasteiger partial charge >= 0.3 is 0 Å². The number of nitrogen functional groups attached to an aromatic ring is 1. The zero-order chi connectivity index (χ0) is 20.6. The molecule has 3 N–H and O–H groups in total. The van der Waals surface area contributed by atoms with Gasteiger partial charge in [0.25, 0.3) is 0 Å². The fraction of sp³-hybridized carbons (Fsp3) is 0.545. The van der Waals surface area contributed by atoms with Gasteiger partial charge in [-0.2, -0.15) is 0 Å². The molecule has 4 rings (SSSR count). The van der Waals surface area contributed by atoms with Crippen LogP contribution in [0, 0.1) is 0 Å². The summed E-state index contributed by atoms with van der Waals surface area (Å²) in [4.78, 5) is 16.0. The summed E-state index contributed by atoms with van der Waals surface area (Å²) < 4.78 is 5.40. The molecule has 0 spiro atoms. The molecule has 2 aromatic rings. The fourth-order valence-corrected chi connectivity index (χ4v) is 4.07. The van der Waals surface area contributed by atoms with Crippen molar-refractivity contribution in [3.63, 3.8) is 0 Å². The average molecular weight is 412 g/mol. The zero-order valence-corrected chi connectivity index (χ0v) is 17.7. The van der Waals surface area contributed by atoms with Gasteiger partial charge in [0.15, 0.2) is 11.6 Å². The Labute approximate surface area is 179 Å². The van der Waals surface area contributed by atoms with Crippen LogP contribution in [-0.2, 0) is 11.3 Å². The van der Waals surface area contributed by atoms with Crippen LogP contribution in [0.2, 0.25) is 0 Å². The molecule has 1 aromatic carbocycles. The maximum absolute atomic E-state index is 6.43. The van der Waals surface area contributed by atoms with Crippen LogP contribution in [-0.4, -0.2) is 85.3 Å². The average Bonchev–Trinajstić information content (AvgIpc) is 2.80. The van der Waals surface area contributed by atoms with E-state index >= 15 is 0 Å². The standard InChI is InChI=1S/C22H33N7O/c23-20-21(24-7-4-8-27-13-15-30-16-14-27)25-18-26-22(20)29-11-9-28(10-12-29)17-19-5-2-1-3-6-19/h1-3,5-6,18H,4,7-17,23H2,(H,24,25,26). The van der Waals surface area contributed by atoms with E-state index in [2.05, 4.69) is 60.3 Å². The number of nitrogens with one attached hydrogen (secondary N) is 1. The van der Waals surface area contributed by atoms with Crippen molar-refractivity contribution in [2.24, 2.45) is 0 Å². The number of aromatic nitrogens is 2. The number of benzene rings is 1. The van der Waals surface area contributed by atoms with Crippen molar-refractivity contribution < 1.29 is 4.74 Å². The van der Waals surface area contributed by atoms with E-state index in [0.29, 0.717) is 5.69 Å². The van der Waals surface area contributed by atoms with Crippen molar-refractivity contribution >= 4 is 17.3 Å². The van der Waals surface area contributed by atoms with Gasteiger partial charge in [-0.15, -0.1) is 0 Å². The first kappa shape index (κ1) is 20.8. The van der Waals surface area contributed by atoms with Crippen molar-refractivity contribution in [2.45, 2.75) is 13.0 Å². The first-order chi connectivity index (χ1) is 14.8. The minimum absolute atomic E-state index is 0.653. The van der Waals surface area contributed by atoms with Crippen LogP contribution in [0.4, 0.5) is 17.3 Å². The van der Waals surface area contributed by atoms with E-state index in [1.165, 1.54) is 5.56 Å². The lowest BCUT2D eigenvalue weighted by Gasteiger charge is -2.36. The Kier molecular flexibility index (Phi) is 7.34. The lowest BCUT2D eigenvalue weighted by atomic mass is 10.2. The molecule has 30 heavy (non-hydrogen) atoms. The SMILES string of the molecule is Nc1c(NCCCN2CCOCC2)ncnc1N1CCN(Cc2ccccc2)CC1. The molecule has 0 bridgehead atoms. The number of morpholine rings is 1. The predicted molar refractivity (Wildman–Crippen MR) is 121 cm³/mol. The number of hydrogen-bond acceptors (Lipinski definition) is 8. The molecule has 2 saturated heterocycles. The summed E-state index contributed by atoms with van der Waals surface area (Å²) in [6.07, 6.45) is 2.67. The number of nitrogens with two attached hydrogens (primary N) is 1. The molecule has 2 fully saturated rings. The first-order valence-electron chi connectivity index (χ1n) is 11.0. The molecule has 8 heteroatoms. The summed E-state index contributed by atoms with van der Waals surface area (Å²) >= 11 is 0. The monoisotopic (exact) mass is 411 g/mol. The van der Waals surface area contributed by atoms with E-state index in [1.54, 1.807) is 6.33 Å². The summed E-state index contributed by atoms with van der Waals surface area (Å²) in [7, 11) is 0. The highest BCUT2D eigenvalue weighted by Crippen LogP contribution is 2.27. The topological polar surface area (TPSA) is 82.8 Å². The van der Waals surface area contributed by atoms with E-state index < -0.39 is 0 Å². The Morgan fingerprint density at radius 1 is 0.933 bits per heavy atom. The van der Waals surface area contributed by atoms with Crippen LogP contribution in [0.25, 0.3) is 0 Å². The number of anilines is 3.